The summed E-state index contributed by atoms with van der Waals surface area (Å²) in [5.41, 5.74) is 0.387. The molecule has 0 saturated carbocycles. The molecule has 1 aliphatic heterocycles. The summed E-state index contributed by atoms with van der Waals surface area (Å²) in [6, 6.07) is 4.72. The van der Waals surface area contributed by atoms with E-state index < -0.39 is 0 Å². The SMILES string of the molecule is CC1CCC(C)N(C(=O)c2cc(O)ccc2Cl)C1. The molecule has 2 unspecified atom stereocenters. The van der Waals surface area contributed by atoms with Crippen molar-refractivity contribution in [2.75, 3.05) is 6.54 Å². The summed E-state index contributed by atoms with van der Waals surface area (Å²) in [6.45, 7) is 4.96. The maximum atomic E-state index is 12.5. The third-order valence-corrected chi connectivity index (χ3v) is 3.89. The normalized spacial score (nSPS) is 24.1. The van der Waals surface area contributed by atoms with Crippen molar-refractivity contribution >= 4 is 17.5 Å². The van der Waals surface area contributed by atoms with Gasteiger partial charge in [-0.05, 0) is 43.9 Å². The van der Waals surface area contributed by atoms with Crippen LogP contribution in [0.5, 0.6) is 5.75 Å². The van der Waals surface area contributed by atoms with Gasteiger partial charge in [-0.3, -0.25) is 4.79 Å². The predicted octanol–water partition coefficient (Wildman–Crippen LogP) is 3.31. The first-order chi connectivity index (χ1) is 8.49. The highest BCUT2D eigenvalue weighted by atomic mass is 35.5. The van der Waals surface area contributed by atoms with E-state index in [2.05, 4.69) is 13.8 Å². The summed E-state index contributed by atoms with van der Waals surface area (Å²) in [6.07, 6.45) is 2.17. The molecule has 0 spiro atoms. The summed E-state index contributed by atoms with van der Waals surface area (Å²) >= 11 is 6.04. The molecule has 0 aliphatic carbocycles. The highest BCUT2D eigenvalue weighted by Gasteiger charge is 2.28. The van der Waals surface area contributed by atoms with Gasteiger partial charge in [-0.1, -0.05) is 18.5 Å². The standard InChI is InChI=1S/C14H18ClNO2/c1-9-3-4-10(2)16(8-9)14(18)12-7-11(17)5-6-13(12)15/h5-7,9-10,17H,3-4,8H2,1-2H3. The van der Waals surface area contributed by atoms with Gasteiger partial charge in [-0.15, -0.1) is 0 Å². The summed E-state index contributed by atoms with van der Waals surface area (Å²) < 4.78 is 0. The van der Waals surface area contributed by atoms with Crippen molar-refractivity contribution in [2.45, 2.75) is 32.7 Å². The molecule has 1 saturated heterocycles. The molecule has 1 aliphatic rings. The van der Waals surface area contributed by atoms with E-state index >= 15 is 0 Å². The molecule has 1 aromatic carbocycles. The number of carbonyl (C=O) groups excluding carboxylic acids is 1. The van der Waals surface area contributed by atoms with E-state index in [9.17, 15) is 9.90 Å². The second-order valence-electron chi connectivity index (χ2n) is 5.15. The number of phenols is 1. The number of nitrogens with zero attached hydrogens (tertiary/aromatic N) is 1. The molecule has 98 valence electrons. The average molecular weight is 268 g/mol. The van der Waals surface area contributed by atoms with Crippen LogP contribution >= 0.6 is 11.6 Å². The Morgan fingerprint density at radius 2 is 2.11 bits per heavy atom. The number of rotatable bonds is 1. The number of amides is 1. The van der Waals surface area contributed by atoms with Crippen molar-refractivity contribution in [1.82, 2.24) is 4.90 Å². The Balaban J connectivity index is 2.27. The van der Waals surface area contributed by atoms with Crippen molar-refractivity contribution in [3.05, 3.63) is 28.8 Å². The molecular weight excluding hydrogens is 250 g/mol. The van der Waals surface area contributed by atoms with Crippen LogP contribution in [0.3, 0.4) is 0 Å². The molecule has 1 N–H and O–H groups in total. The molecular formula is C14H18ClNO2. The third-order valence-electron chi connectivity index (χ3n) is 3.56. The van der Waals surface area contributed by atoms with E-state index in [1.54, 1.807) is 6.07 Å². The maximum absolute atomic E-state index is 12.5. The van der Waals surface area contributed by atoms with Crippen LogP contribution < -0.4 is 0 Å². The van der Waals surface area contributed by atoms with Gasteiger partial charge in [-0.25, -0.2) is 0 Å². The molecule has 2 atom stereocenters. The lowest BCUT2D eigenvalue weighted by atomic mass is 9.94. The fourth-order valence-corrected chi connectivity index (χ4v) is 2.60. The number of hydrogen-bond acceptors (Lipinski definition) is 2. The first-order valence-corrected chi connectivity index (χ1v) is 6.66. The minimum Gasteiger partial charge on any atom is -0.508 e. The van der Waals surface area contributed by atoms with E-state index in [1.807, 2.05) is 4.90 Å². The van der Waals surface area contributed by atoms with Gasteiger partial charge >= 0.3 is 0 Å². The number of piperidine rings is 1. The molecule has 3 nitrogen and oxygen atoms in total. The van der Waals surface area contributed by atoms with Crippen molar-refractivity contribution in [2.24, 2.45) is 5.92 Å². The van der Waals surface area contributed by atoms with Gasteiger partial charge in [0.25, 0.3) is 5.91 Å². The highest BCUT2D eigenvalue weighted by molar-refractivity contribution is 6.33. The largest absolute Gasteiger partial charge is 0.508 e. The maximum Gasteiger partial charge on any atom is 0.255 e. The summed E-state index contributed by atoms with van der Waals surface area (Å²) in [4.78, 5) is 14.3. The van der Waals surface area contributed by atoms with Crippen LogP contribution in [-0.2, 0) is 0 Å². The molecule has 1 aromatic rings. The van der Waals surface area contributed by atoms with Crippen molar-refractivity contribution in [3.63, 3.8) is 0 Å². The molecule has 1 amide bonds. The van der Waals surface area contributed by atoms with E-state index in [0.717, 1.165) is 19.4 Å². The predicted molar refractivity (Wildman–Crippen MR) is 72.0 cm³/mol. The van der Waals surface area contributed by atoms with Gasteiger partial charge in [0, 0.05) is 12.6 Å². The second-order valence-corrected chi connectivity index (χ2v) is 5.56. The van der Waals surface area contributed by atoms with Crippen molar-refractivity contribution in [3.8, 4) is 5.75 Å². The third kappa shape index (κ3) is 2.61. The van der Waals surface area contributed by atoms with E-state index in [4.69, 9.17) is 11.6 Å². The quantitative estimate of drug-likeness (QED) is 0.848. The summed E-state index contributed by atoms with van der Waals surface area (Å²) in [5.74, 6) is 0.497. The Hall–Kier alpha value is -1.22. The van der Waals surface area contributed by atoms with Crippen LogP contribution in [0.4, 0.5) is 0 Å². The minimum atomic E-state index is -0.0880. The molecule has 2 rings (SSSR count). The van der Waals surface area contributed by atoms with Crippen LogP contribution in [0.15, 0.2) is 18.2 Å². The Kier molecular flexibility index (Phi) is 3.81. The van der Waals surface area contributed by atoms with E-state index in [1.165, 1.54) is 12.1 Å². The van der Waals surface area contributed by atoms with Gasteiger partial charge in [0.2, 0.25) is 0 Å². The van der Waals surface area contributed by atoms with Gasteiger partial charge in [0.15, 0.2) is 0 Å². The molecule has 1 fully saturated rings. The Morgan fingerprint density at radius 1 is 1.39 bits per heavy atom. The zero-order valence-corrected chi connectivity index (χ0v) is 11.4. The van der Waals surface area contributed by atoms with Crippen molar-refractivity contribution in [1.29, 1.82) is 0 Å². The lowest BCUT2D eigenvalue weighted by Gasteiger charge is -2.37. The molecule has 4 heteroatoms. The van der Waals surface area contributed by atoms with E-state index in [0.29, 0.717) is 16.5 Å². The molecule has 0 bridgehead atoms. The van der Waals surface area contributed by atoms with Gasteiger partial charge < -0.3 is 10.0 Å². The molecule has 18 heavy (non-hydrogen) atoms. The Labute approximate surface area is 112 Å². The van der Waals surface area contributed by atoms with Crippen LogP contribution in [0, 0.1) is 5.92 Å². The first-order valence-electron chi connectivity index (χ1n) is 6.28. The number of halogens is 1. The minimum absolute atomic E-state index is 0.0699. The first kappa shape index (κ1) is 13.2. The van der Waals surface area contributed by atoms with Gasteiger partial charge in [0.05, 0.1) is 10.6 Å². The molecule has 0 aromatic heterocycles. The topological polar surface area (TPSA) is 40.5 Å². The summed E-state index contributed by atoms with van der Waals surface area (Å²) in [7, 11) is 0. The number of hydrogen-bond donors (Lipinski definition) is 1. The van der Waals surface area contributed by atoms with E-state index in [-0.39, 0.29) is 17.7 Å². The average Bonchev–Trinajstić information content (AvgIpc) is 2.34. The highest BCUT2D eigenvalue weighted by Crippen LogP contribution is 2.27. The smallest absolute Gasteiger partial charge is 0.255 e. The van der Waals surface area contributed by atoms with Crippen LogP contribution in [0.1, 0.15) is 37.0 Å². The number of benzene rings is 1. The lowest BCUT2D eigenvalue weighted by Crippen LogP contribution is -2.45. The van der Waals surface area contributed by atoms with Crippen LogP contribution in [-0.4, -0.2) is 28.5 Å². The summed E-state index contributed by atoms with van der Waals surface area (Å²) in [5, 5.41) is 9.87. The number of carbonyl (C=O) groups is 1. The van der Waals surface area contributed by atoms with Crippen molar-refractivity contribution < 1.29 is 9.90 Å². The Bertz CT molecular complexity index is 461. The zero-order valence-electron chi connectivity index (χ0n) is 10.7. The number of likely N-dealkylation sites (tertiary alicyclic amines) is 1. The second kappa shape index (κ2) is 5.19. The van der Waals surface area contributed by atoms with Crippen LogP contribution in [0.25, 0.3) is 0 Å². The lowest BCUT2D eigenvalue weighted by molar-refractivity contribution is 0.0574. The fraction of sp³-hybridized carbons (Fsp3) is 0.500. The van der Waals surface area contributed by atoms with Gasteiger partial charge in [0.1, 0.15) is 5.75 Å². The monoisotopic (exact) mass is 267 g/mol. The number of phenolic OH excluding ortho intramolecular Hbond substituents is 1. The van der Waals surface area contributed by atoms with Gasteiger partial charge in [-0.2, -0.15) is 0 Å². The molecule has 0 radical (unpaired) electrons. The van der Waals surface area contributed by atoms with Crippen LogP contribution in [0.2, 0.25) is 5.02 Å². The molecule has 1 heterocycles. The fourth-order valence-electron chi connectivity index (χ4n) is 2.40. The zero-order chi connectivity index (χ0) is 13.3. The number of aromatic hydroxyl groups is 1. The Morgan fingerprint density at radius 3 is 2.83 bits per heavy atom.